The summed E-state index contributed by atoms with van der Waals surface area (Å²) in [6, 6.07) is 28.3. The SMILES string of the molecule is CC(=O)N[C@@]1(CC(C)C)CCN([C@@H](CCc2ccccc2)C(=O)N[C@@H](Cc2ccccc2)[C@H](O)CNCc2ccccc2)C1=O. The summed E-state index contributed by atoms with van der Waals surface area (Å²) in [7, 11) is 0. The first-order chi connectivity index (χ1) is 21.7. The third kappa shape index (κ3) is 9.74. The highest BCUT2D eigenvalue weighted by atomic mass is 16.3. The van der Waals surface area contributed by atoms with E-state index in [0.29, 0.717) is 45.2 Å². The lowest BCUT2D eigenvalue weighted by molar-refractivity contribution is -0.143. The molecule has 0 saturated carbocycles. The number of hydrogen-bond donors (Lipinski definition) is 4. The van der Waals surface area contributed by atoms with Gasteiger partial charge in [-0.05, 0) is 54.7 Å². The number of aryl methyl sites for hydroxylation is 1. The zero-order chi connectivity index (χ0) is 32.2. The van der Waals surface area contributed by atoms with Crippen LogP contribution in [0.3, 0.4) is 0 Å². The van der Waals surface area contributed by atoms with E-state index in [9.17, 15) is 19.5 Å². The van der Waals surface area contributed by atoms with Crippen LogP contribution in [0.25, 0.3) is 0 Å². The number of nitrogens with one attached hydrogen (secondary N) is 3. The molecule has 0 bridgehead atoms. The summed E-state index contributed by atoms with van der Waals surface area (Å²) in [6.45, 7) is 6.72. The molecule has 3 aromatic rings. The van der Waals surface area contributed by atoms with E-state index in [0.717, 1.165) is 16.7 Å². The molecule has 45 heavy (non-hydrogen) atoms. The predicted octanol–water partition coefficient (Wildman–Crippen LogP) is 4.02. The van der Waals surface area contributed by atoms with Crippen LogP contribution in [0.15, 0.2) is 91.0 Å². The molecular weight excluding hydrogens is 564 g/mol. The second kappa shape index (κ2) is 16.3. The van der Waals surface area contributed by atoms with Crippen LogP contribution in [0.1, 0.15) is 56.7 Å². The summed E-state index contributed by atoms with van der Waals surface area (Å²) in [6.07, 6.45) is 1.52. The number of aliphatic hydroxyl groups excluding tert-OH is 1. The number of aliphatic hydroxyl groups is 1. The normalized spacial score (nSPS) is 18.4. The summed E-state index contributed by atoms with van der Waals surface area (Å²) in [5, 5.41) is 20.8. The van der Waals surface area contributed by atoms with Gasteiger partial charge in [-0.3, -0.25) is 14.4 Å². The van der Waals surface area contributed by atoms with Gasteiger partial charge in [0.15, 0.2) is 0 Å². The van der Waals surface area contributed by atoms with Gasteiger partial charge in [0.2, 0.25) is 17.7 Å². The molecule has 1 fully saturated rings. The Bertz CT molecular complexity index is 1370. The summed E-state index contributed by atoms with van der Waals surface area (Å²) < 4.78 is 0. The van der Waals surface area contributed by atoms with Crippen LogP contribution < -0.4 is 16.0 Å². The molecule has 0 aliphatic carbocycles. The van der Waals surface area contributed by atoms with Crippen molar-refractivity contribution >= 4 is 17.7 Å². The minimum Gasteiger partial charge on any atom is -0.390 e. The molecule has 4 N–H and O–H groups in total. The van der Waals surface area contributed by atoms with Gasteiger partial charge in [-0.2, -0.15) is 0 Å². The lowest BCUT2D eigenvalue weighted by atomic mass is 9.87. The summed E-state index contributed by atoms with van der Waals surface area (Å²) >= 11 is 0. The first-order valence-electron chi connectivity index (χ1n) is 16.1. The van der Waals surface area contributed by atoms with Gasteiger partial charge < -0.3 is 26.0 Å². The average molecular weight is 613 g/mol. The summed E-state index contributed by atoms with van der Waals surface area (Å²) in [5.41, 5.74) is 2.13. The van der Waals surface area contributed by atoms with Gasteiger partial charge >= 0.3 is 0 Å². The van der Waals surface area contributed by atoms with Gasteiger partial charge in [-0.1, -0.05) is 105 Å². The van der Waals surface area contributed by atoms with Crippen molar-refractivity contribution in [3.05, 3.63) is 108 Å². The smallest absolute Gasteiger partial charge is 0.249 e. The van der Waals surface area contributed by atoms with Crippen LogP contribution in [0.2, 0.25) is 0 Å². The highest BCUT2D eigenvalue weighted by Gasteiger charge is 2.50. The van der Waals surface area contributed by atoms with Gasteiger partial charge in [0.25, 0.3) is 0 Å². The number of amides is 3. The Labute approximate surface area is 267 Å². The highest BCUT2D eigenvalue weighted by Crippen LogP contribution is 2.32. The van der Waals surface area contributed by atoms with Gasteiger partial charge in [0, 0.05) is 26.6 Å². The van der Waals surface area contributed by atoms with E-state index in [4.69, 9.17) is 0 Å². The molecule has 1 saturated heterocycles. The number of carbonyl (C=O) groups excluding carboxylic acids is 3. The topological polar surface area (TPSA) is 111 Å². The first-order valence-corrected chi connectivity index (χ1v) is 16.1. The van der Waals surface area contributed by atoms with Crippen LogP contribution in [-0.4, -0.2) is 64.5 Å². The van der Waals surface area contributed by atoms with Gasteiger partial charge in [-0.25, -0.2) is 0 Å². The van der Waals surface area contributed by atoms with Crippen LogP contribution in [0, 0.1) is 5.92 Å². The van der Waals surface area contributed by atoms with E-state index >= 15 is 0 Å². The molecule has 0 radical (unpaired) electrons. The fourth-order valence-corrected chi connectivity index (χ4v) is 6.39. The van der Waals surface area contributed by atoms with E-state index < -0.39 is 23.7 Å². The molecular formula is C37H48N4O4. The van der Waals surface area contributed by atoms with Crippen molar-refractivity contribution in [3.63, 3.8) is 0 Å². The third-order valence-corrected chi connectivity index (χ3v) is 8.47. The predicted molar refractivity (Wildman–Crippen MR) is 177 cm³/mol. The lowest BCUT2D eigenvalue weighted by Crippen LogP contribution is -2.59. The molecule has 8 nitrogen and oxygen atoms in total. The number of hydrogen-bond acceptors (Lipinski definition) is 5. The zero-order valence-electron chi connectivity index (χ0n) is 26.7. The average Bonchev–Trinajstić information content (AvgIpc) is 3.31. The van der Waals surface area contributed by atoms with Crippen LogP contribution >= 0.6 is 0 Å². The number of nitrogens with zero attached hydrogens (tertiary/aromatic N) is 1. The molecule has 240 valence electrons. The molecule has 0 spiro atoms. The standard InChI is InChI=1S/C37H48N4O4/c1-27(2)24-37(40-28(3)42)21-22-41(36(37)45)33(20-19-29-13-7-4-8-14-29)35(44)39-32(23-30-15-9-5-10-16-30)34(43)26-38-25-31-17-11-6-12-18-31/h4-18,27,32-34,38,43H,19-26H2,1-3H3,(H,39,44)(H,40,42)/t32-,33-,34+,37+/m0/s1. The maximum atomic E-state index is 14.2. The van der Waals surface area contributed by atoms with Crippen LogP contribution in [0.4, 0.5) is 0 Å². The van der Waals surface area contributed by atoms with Crippen LogP contribution in [-0.2, 0) is 33.8 Å². The van der Waals surface area contributed by atoms with Gasteiger partial charge in [0.05, 0.1) is 12.1 Å². The van der Waals surface area contributed by atoms with E-state index in [2.05, 4.69) is 16.0 Å². The fraction of sp³-hybridized carbons (Fsp3) is 0.432. The van der Waals surface area contributed by atoms with Gasteiger partial charge in [-0.15, -0.1) is 0 Å². The van der Waals surface area contributed by atoms with Crippen molar-refractivity contribution in [1.29, 1.82) is 0 Å². The van der Waals surface area contributed by atoms with E-state index in [-0.39, 0.29) is 30.2 Å². The van der Waals surface area contributed by atoms with Crippen molar-refractivity contribution in [2.24, 2.45) is 5.92 Å². The summed E-state index contributed by atoms with van der Waals surface area (Å²) in [5.74, 6) is -0.605. The van der Waals surface area contributed by atoms with E-state index in [1.54, 1.807) is 4.90 Å². The van der Waals surface area contributed by atoms with Crippen molar-refractivity contribution in [1.82, 2.24) is 20.9 Å². The molecule has 3 amide bonds. The Morgan fingerprint density at radius 1 is 0.889 bits per heavy atom. The largest absolute Gasteiger partial charge is 0.390 e. The monoisotopic (exact) mass is 612 g/mol. The quantitative estimate of drug-likeness (QED) is 0.195. The maximum absolute atomic E-state index is 14.2. The Hall–Kier alpha value is -4.01. The van der Waals surface area contributed by atoms with E-state index in [1.165, 1.54) is 6.92 Å². The Balaban J connectivity index is 1.56. The Kier molecular flexibility index (Phi) is 12.3. The minimum absolute atomic E-state index is 0.172. The molecule has 1 heterocycles. The second-order valence-corrected chi connectivity index (χ2v) is 12.6. The lowest BCUT2D eigenvalue weighted by Gasteiger charge is -2.34. The first kappa shape index (κ1) is 33.9. The number of likely N-dealkylation sites (tertiary alicyclic amines) is 1. The third-order valence-electron chi connectivity index (χ3n) is 8.47. The second-order valence-electron chi connectivity index (χ2n) is 12.6. The van der Waals surface area contributed by atoms with E-state index in [1.807, 2.05) is 105 Å². The Morgan fingerprint density at radius 3 is 2.04 bits per heavy atom. The Morgan fingerprint density at radius 2 is 1.47 bits per heavy atom. The molecule has 3 aromatic carbocycles. The van der Waals surface area contributed by atoms with Crippen molar-refractivity contribution in [2.75, 3.05) is 13.1 Å². The van der Waals surface area contributed by atoms with Crippen molar-refractivity contribution < 1.29 is 19.5 Å². The zero-order valence-corrected chi connectivity index (χ0v) is 26.7. The number of benzene rings is 3. The fourth-order valence-electron chi connectivity index (χ4n) is 6.39. The van der Waals surface area contributed by atoms with Gasteiger partial charge in [0.1, 0.15) is 11.6 Å². The minimum atomic E-state index is -1.03. The van der Waals surface area contributed by atoms with Crippen molar-refractivity contribution in [2.45, 2.75) is 83.1 Å². The molecule has 8 heteroatoms. The highest BCUT2D eigenvalue weighted by molar-refractivity contribution is 5.96. The maximum Gasteiger partial charge on any atom is 0.249 e. The van der Waals surface area contributed by atoms with Crippen LogP contribution in [0.5, 0.6) is 0 Å². The molecule has 0 aromatic heterocycles. The molecule has 1 aliphatic heterocycles. The molecule has 4 rings (SSSR count). The molecule has 4 atom stereocenters. The number of rotatable bonds is 16. The molecule has 1 aliphatic rings. The van der Waals surface area contributed by atoms with Crippen molar-refractivity contribution in [3.8, 4) is 0 Å². The summed E-state index contributed by atoms with van der Waals surface area (Å²) in [4.78, 5) is 42.2. The molecule has 0 unspecified atom stereocenters. The number of carbonyl (C=O) groups is 3.